The molecule has 4 aromatic rings. The number of nitrogens with zero attached hydrogens (tertiary/aromatic N) is 1. The van der Waals surface area contributed by atoms with Crippen LogP contribution < -0.4 is 10.1 Å². The molecule has 0 saturated carbocycles. The number of rotatable bonds is 9. The van der Waals surface area contributed by atoms with Crippen LogP contribution in [0, 0.1) is 13.8 Å². The smallest absolute Gasteiger partial charge is 0.340 e. The minimum Gasteiger partial charge on any atom is -0.497 e. The quantitative estimate of drug-likeness (QED) is 0.293. The van der Waals surface area contributed by atoms with E-state index in [0.717, 1.165) is 16.7 Å². The van der Waals surface area contributed by atoms with Gasteiger partial charge in [-0.3, -0.25) is 0 Å². The molecule has 0 aliphatic rings. The predicted octanol–water partition coefficient (Wildman–Crippen LogP) is 5.51. The maximum absolute atomic E-state index is 13.4. The summed E-state index contributed by atoms with van der Waals surface area (Å²) in [4.78, 5) is 17.4. The number of carbonyl (C=O) groups is 1. The van der Waals surface area contributed by atoms with Crippen molar-refractivity contribution in [2.24, 2.45) is 0 Å². The summed E-state index contributed by atoms with van der Waals surface area (Å²) >= 11 is 0. The van der Waals surface area contributed by atoms with Gasteiger partial charge in [-0.25, -0.2) is 18.2 Å². The van der Waals surface area contributed by atoms with Crippen LogP contribution in [0.1, 0.15) is 32.6 Å². The van der Waals surface area contributed by atoms with E-state index in [1.54, 1.807) is 24.3 Å². The van der Waals surface area contributed by atoms with Crippen molar-refractivity contribution in [1.29, 1.82) is 0 Å². The van der Waals surface area contributed by atoms with Crippen LogP contribution in [0.25, 0.3) is 0 Å². The number of anilines is 1. The molecule has 0 atom stereocenters. The number of carbonyl (C=O) groups excluding carboxylic acids is 1. The number of benzene rings is 3. The topological polar surface area (TPSA) is 94.6 Å². The van der Waals surface area contributed by atoms with Crippen LogP contribution in [0.5, 0.6) is 5.75 Å². The van der Waals surface area contributed by atoms with E-state index in [9.17, 15) is 13.2 Å². The second kappa shape index (κ2) is 11.3. The molecule has 37 heavy (non-hydrogen) atoms. The number of sulfone groups is 1. The van der Waals surface area contributed by atoms with Crippen LogP contribution in [0.4, 0.5) is 5.69 Å². The SMILES string of the molecule is COc1ccc(S(=O)(=O)c2ncccc2CNc2c(C)ccc(C)c2C(=O)OCc2ccccc2)cc1. The van der Waals surface area contributed by atoms with Gasteiger partial charge in [0.2, 0.25) is 9.84 Å². The average molecular weight is 517 g/mol. The summed E-state index contributed by atoms with van der Waals surface area (Å²) in [6.45, 7) is 4.02. The average Bonchev–Trinajstić information content (AvgIpc) is 2.92. The third-order valence-electron chi connectivity index (χ3n) is 5.97. The van der Waals surface area contributed by atoms with Gasteiger partial charge in [-0.05, 0) is 60.9 Å². The van der Waals surface area contributed by atoms with Gasteiger partial charge in [-0.15, -0.1) is 0 Å². The minimum atomic E-state index is -3.88. The summed E-state index contributed by atoms with van der Waals surface area (Å²) in [5.74, 6) is 0.105. The number of esters is 1. The Hall–Kier alpha value is -4.17. The maximum Gasteiger partial charge on any atom is 0.340 e. The first kappa shape index (κ1) is 25.9. The number of methoxy groups -OCH3 is 1. The van der Waals surface area contributed by atoms with Gasteiger partial charge < -0.3 is 14.8 Å². The molecule has 0 fully saturated rings. The van der Waals surface area contributed by atoms with Gasteiger partial charge >= 0.3 is 5.97 Å². The molecule has 1 heterocycles. The summed E-state index contributed by atoms with van der Waals surface area (Å²) in [5.41, 5.74) is 3.96. The van der Waals surface area contributed by atoms with E-state index < -0.39 is 15.8 Å². The van der Waals surface area contributed by atoms with Gasteiger partial charge in [0, 0.05) is 18.3 Å². The number of ether oxygens (including phenoxy) is 2. The van der Waals surface area contributed by atoms with Crippen molar-refractivity contribution in [2.75, 3.05) is 12.4 Å². The lowest BCUT2D eigenvalue weighted by Gasteiger charge is -2.18. The van der Waals surface area contributed by atoms with E-state index in [-0.39, 0.29) is 23.1 Å². The second-order valence-corrected chi connectivity index (χ2v) is 10.4. The van der Waals surface area contributed by atoms with Gasteiger partial charge in [-0.2, -0.15) is 0 Å². The highest BCUT2D eigenvalue weighted by molar-refractivity contribution is 7.91. The molecular weight excluding hydrogens is 488 g/mol. The molecule has 190 valence electrons. The first-order chi connectivity index (χ1) is 17.8. The number of hydrogen-bond acceptors (Lipinski definition) is 7. The van der Waals surface area contributed by atoms with Gasteiger partial charge in [-0.1, -0.05) is 48.5 Å². The maximum atomic E-state index is 13.4. The molecule has 0 spiro atoms. The number of pyridine rings is 1. The van der Waals surface area contributed by atoms with E-state index in [0.29, 0.717) is 22.6 Å². The zero-order valence-corrected chi connectivity index (χ0v) is 21.7. The fourth-order valence-electron chi connectivity index (χ4n) is 3.95. The second-order valence-electron chi connectivity index (χ2n) is 8.51. The Morgan fingerprint density at radius 1 is 0.892 bits per heavy atom. The van der Waals surface area contributed by atoms with E-state index >= 15 is 0 Å². The highest BCUT2D eigenvalue weighted by Crippen LogP contribution is 2.28. The first-order valence-electron chi connectivity index (χ1n) is 11.7. The monoisotopic (exact) mass is 516 g/mol. The number of aromatic nitrogens is 1. The van der Waals surface area contributed by atoms with Gasteiger partial charge in [0.15, 0.2) is 5.03 Å². The van der Waals surface area contributed by atoms with Crippen LogP contribution in [-0.4, -0.2) is 26.5 Å². The van der Waals surface area contributed by atoms with Crippen molar-refractivity contribution in [1.82, 2.24) is 4.98 Å². The van der Waals surface area contributed by atoms with Crippen LogP contribution in [0.15, 0.2) is 95.0 Å². The molecule has 1 N–H and O–H groups in total. The summed E-state index contributed by atoms with van der Waals surface area (Å²) in [5, 5.41) is 3.22. The lowest BCUT2D eigenvalue weighted by molar-refractivity contribution is 0.0473. The molecule has 8 heteroatoms. The van der Waals surface area contributed by atoms with Crippen molar-refractivity contribution in [2.45, 2.75) is 36.9 Å². The molecule has 1 aromatic heterocycles. The summed E-state index contributed by atoms with van der Waals surface area (Å²) < 4.78 is 37.5. The molecule has 0 aliphatic heterocycles. The van der Waals surface area contributed by atoms with Crippen LogP contribution in [-0.2, 0) is 27.7 Å². The van der Waals surface area contributed by atoms with Crippen LogP contribution in [0.3, 0.4) is 0 Å². The molecule has 7 nitrogen and oxygen atoms in total. The molecule has 0 unspecified atom stereocenters. The Kier molecular flexibility index (Phi) is 7.89. The van der Waals surface area contributed by atoms with Crippen molar-refractivity contribution in [3.05, 3.63) is 113 Å². The lowest BCUT2D eigenvalue weighted by atomic mass is 10.0. The van der Waals surface area contributed by atoms with Crippen molar-refractivity contribution in [3.8, 4) is 5.75 Å². The van der Waals surface area contributed by atoms with Gasteiger partial charge in [0.1, 0.15) is 12.4 Å². The Bertz CT molecular complexity index is 1500. The van der Waals surface area contributed by atoms with Crippen LogP contribution in [0.2, 0.25) is 0 Å². The number of nitrogens with one attached hydrogen (secondary N) is 1. The van der Waals surface area contributed by atoms with Crippen LogP contribution >= 0.6 is 0 Å². The summed E-state index contributed by atoms with van der Waals surface area (Å²) in [6.07, 6.45) is 1.45. The predicted molar refractivity (Wildman–Crippen MR) is 141 cm³/mol. The lowest BCUT2D eigenvalue weighted by Crippen LogP contribution is -2.15. The van der Waals surface area contributed by atoms with E-state index in [2.05, 4.69) is 10.3 Å². The molecule has 0 amide bonds. The third-order valence-corrected chi connectivity index (χ3v) is 7.74. The molecule has 0 radical (unpaired) electrons. The standard InChI is InChI=1S/C29H28N2O5S/c1-20-11-12-21(2)27(26(20)29(32)36-19-22-8-5-4-6-9-22)31-18-23-10-7-17-30-28(23)37(33,34)25-15-13-24(35-3)14-16-25/h4-17,31H,18-19H2,1-3H3. The molecule has 4 rings (SSSR count). The fourth-order valence-corrected chi connectivity index (χ4v) is 5.35. The molecule has 0 aliphatic carbocycles. The highest BCUT2D eigenvalue weighted by Gasteiger charge is 2.24. The summed E-state index contributed by atoms with van der Waals surface area (Å²) in [6, 6.07) is 22.8. The molecular formula is C29H28N2O5S. The third kappa shape index (κ3) is 5.81. The molecule has 0 saturated heterocycles. The fraction of sp³-hybridized carbons (Fsp3) is 0.172. The minimum absolute atomic E-state index is 0.0498. The summed E-state index contributed by atoms with van der Waals surface area (Å²) in [7, 11) is -2.36. The van der Waals surface area contributed by atoms with Gasteiger partial charge in [0.25, 0.3) is 0 Å². The van der Waals surface area contributed by atoms with Crippen molar-refractivity contribution in [3.63, 3.8) is 0 Å². The Morgan fingerprint density at radius 2 is 1.59 bits per heavy atom. The normalized spacial score (nSPS) is 11.1. The van der Waals surface area contributed by atoms with E-state index in [1.165, 1.54) is 25.4 Å². The Balaban J connectivity index is 1.60. The zero-order valence-electron chi connectivity index (χ0n) is 20.9. The Labute approximate surface area is 217 Å². The number of aryl methyl sites for hydroxylation is 2. The van der Waals surface area contributed by atoms with E-state index in [1.807, 2.05) is 56.3 Å². The highest BCUT2D eigenvalue weighted by atomic mass is 32.2. The van der Waals surface area contributed by atoms with Crippen molar-refractivity contribution >= 4 is 21.5 Å². The molecule has 0 bridgehead atoms. The van der Waals surface area contributed by atoms with Crippen molar-refractivity contribution < 1.29 is 22.7 Å². The first-order valence-corrected chi connectivity index (χ1v) is 13.2. The number of hydrogen-bond donors (Lipinski definition) is 1. The largest absolute Gasteiger partial charge is 0.497 e. The Morgan fingerprint density at radius 3 is 2.30 bits per heavy atom. The van der Waals surface area contributed by atoms with E-state index in [4.69, 9.17) is 9.47 Å². The van der Waals surface area contributed by atoms with Gasteiger partial charge in [0.05, 0.1) is 23.3 Å². The molecule has 3 aromatic carbocycles. The zero-order chi connectivity index (χ0) is 26.4.